The lowest BCUT2D eigenvalue weighted by Crippen LogP contribution is -2.32. The van der Waals surface area contributed by atoms with Crippen LogP contribution in [0.15, 0.2) is 18.2 Å². The van der Waals surface area contributed by atoms with E-state index in [0.717, 1.165) is 0 Å². The van der Waals surface area contributed by atoms with Crippen molar-refractivity contribution in [1.82, 2.24) is 0 Å². The molecule has 90 valence electrons. The minimum atomic E-state index is -1.01. The molecule has 1 N–H and O–H groups in total. The molecule has 0 radical (unpaired) electrons. The smallest absolute Gasteiger partial charge is 0.294 e. The Morgan fingerprint density at radius 2 is 2.12 bits per heavy atom. The predicted molar refractivity (Wildman–Crippen MR) is 64.2 cm³/mol. The van der Waals surface area contributed by atoms with E-state index in [0.29, 0.717) is 28.6 Å². The topological polar surface area (TPSA) is 55.4 Å². The van der Waals surface area contributed by atoms with E-state index in [1.54, 1.807) is 12.1 Å². The number of halogens is 2. The Morgan fingerprint density at radius 3 is 2.65 bits per heavy atom. The summed E-state index contributed by atoms with van der Waals surface area (Å²) in [6.07, 6.45) is 1.06. The van der Waals surface area contributed by atoms with Crippen molar-refractivity contribution in [3.63, 3.8) is 0 Å². The minimum absolute atomic E-state index is 0.288. The molecule has 0 aromatic heterocycles. The summed E-state index contributed by atoms with van der Waals surface area (Å²) in [5, 5.41) is 3.44. The number of hydrogen-bond acceptors (Lipinski definition) is 3. The molecule has 0 bridgehead atoms. The number of benzene rings is 1. The summed E-state index contributed by atoms with van der Waals surface area (Å²) >= 11 is 11.6. The van der Waals surface area contributed by atoms with Crippen LogP contribution < -0.4 is 5.32 Å². The van der Waals surface area contributed by atoms with Crippen LogP contribution >= 0.6 is 23.2 Å². The van der Waals surface area contributed by atoms with Crippen LogP contribution in [0.1, 0.15) is 12.8 Å². The summed E-state index contributed by atoms with van der Waals surface area (Å²) in [5.74, 6) is -0.367. The van der Waals surface area contributed by atoms with Crippen LogP contribution in [0.2, 0.25) is 10.0 Å². The quantitative estimate of drug-likeness (QED) is 0.859. The molecular formula is C11H9Cl2NO3. The number of anilines is 1. The Bertz CT molecular complexity index is 472. The summed E-state index contributed by atoms with van der Waals surface area (Å²) < 4.78 is 4.78. The Labute approximate surface area is 108 Å². The van der Waals surface area contributed by atoms with Gasteiger partial charge in [0.25, 0.3) is 12.4 Å². The summed E-state index contributed by atoms with van der Waals surface area (Å²) in [5.41, 5.74) is -0.563. The Kier molecular flexibility index (Phi) is 3.26. The van der Waals surface area contributed by atoms with E-state index in [-0.39, 0.29) is 12.4 Å². The normalized spacial score (nSPS) is 16.1. The van der Waals surface area contributed by atoms with Crippen molar-refractivity contribution in [3.05, 3.63) is 28.2 Å². The fraction of sp³-hybridized carbons (Fsp3) is 0.273. The molecule has 0 unspecified atom stereocenters. The van der Waals surface area contributed by atoms with Gasteiger partial charge in [0.1, 0.15) is 0 Å². The average Bonchev–Trinajstić information content (AvgIpc) is 3.04. The van der Waals surface area contributed by atoms with Crippen LogP contribution in [0.25, 0.3) is 0 Å². The van der Waals surface area contributed by atoms with Gasteiger partial charge in [-0.05, 0) is 18.2 Å². The van der Waals surface area contributed by atoms with E-state index >= 15 is 0 Å². The molecule has 1 aliphatic carbocycles. The van der Waals surface area contributed by atoms with Gasteiger partial charge < -0.3 is 10.1 Å². The number of rotatable bonds is 4. The summed E-state index contributed by atoms with van der Waals surface area (Å²) in [4.78, 5) is 22.1. The highest BCUT2D eigenvalue weighted by molar-refractivity contribution is 6.36. The monoisotopic (exact) mass is 273 g/mol. The molecule has 2 rings (SSSR count). The Morgan fingerprint density at radius 1 is 1.41 bits per heavy atom. The van der Waals surface area contributed by atoms with Crippen LogP contribution in [-0.2, 0) is 14.3 Å². The molecule has 1 aliphatic rings. The third kappa shape index (κ3) is 2.53. The lowest BCUT2D eigenvalue weighted by atomic mass is 10.2. The number of hydrogen-bond donors (Lipinski definition) is 1. The largest absolute Gasteiger partial charge is 0.451 e. The molecule has 1 fully saturated rings. The summed E-state index contributed by atoms with van der Waals surface area (Å²) in [7, 11) is 0. The zero-order chi connectivity index (χ0) is 12.5. The molecule has 0 spiro atoms. The molecular weight excluding hydrogens is 265 g/mol. The van der Waals surface area contributed by atoms with Crippen molar-refractivity contribution < 1.29 is 14.3 Å². The molecule has 4 nitrogen and oxygen atoms in total. The highest BCUT2D eigenvalue weighted by Crippen LogP contribution is 2.40. The van der Waals surface area contributed by atoms with Crippen molar-refractivity contribution in [2.75, 3.05) is 5.32 Å². The van der Waals surface area contributed by atoms with Crippen molar-refractivity contribution >= 4 is 41.3 Å². The fourth-order valence-electron chi connectivity index (χ4n) is 1.43. The Hall–Kier alpha value is -1.26. The third-order valence-corrected chi connectivity index (χ3v) is 3.12. The van der Waals surface area contributed by atoms with Crippen molar-refractivity contribution in [2.24, 2.45) is 0 Å². The number of carbonyl (C=O) groups excluding carboxylic acids is 2. The highest BCUT2D eigenvalue weighted by atomic mass is 35.5. The van der Waals surface area contributed by atoms with Crippen molar-refractivity contribution in [2.45, 2.75) is 18.4 Å². The van der Waals surface area contributed by atoms with Crippen molar-refractivity contribution in [3.8, 4) is 0 Å². The second-order valence-corrected chi connectivity index (χ2v) is 4.63. The zero-order valence-electron chi connectivity index (χ0n) is 8.70. The van der Waals surface area contributed by atoms with Gasteiger partial charge in [0, 0.05) is 17.9 Å². The number of carbonyl (C=O) groups is 2. The summed E-state index contributed by atoms with van der Waals surface area (Å²) in [6, 6.07) is 4.74. The lowest BCUT2D eigenvalue weighted by Gasteiger charge is -2.14. The standard InChI is InChI=1S/C11H9Cl2NO3/c12-7-1-2-9(8(13)5-7)14-10(16)11(3-4-11)17-6-15/h1-2,5-6H,3-4H2,(H,14,16). The van der Waals surface area contributed by atoms with Gasteiger partial charge >= 0.3 is 0 Å². The minimum Gasteiger partial charge on any atom is -0.451 e. The SMILES string of the molecule is O=COC1(C(=O)Nc2ccc(Cl)cc2Cl)CC1. The van der Waals surface area contributed by atoms with Gasteiger partial charge in [-0.1, -0.05) is 23.2 Å². The van der Waals surface area contributed by atoms with Gasteiger partial charge in [-0.3, -0.25) is 9.59 Å². The van der Waals surface area contributed by atoms with Gasteiger partial charge in [0.05, 0.1) is 10.7 Å². The van der Waals surface area contributed by atoms with Crippen molar-refractivity contribution in [1.29, 1.82) is 0 Å². The molecule has 17 heavy (non-hydrogen) atoms. The first-order valence-electron chi connectivity index (χ1n) is 4.95. The van der Waals surface area contributed by atoms with Crippen LogP contribution in [0.5, 0.6) is 0 Å². The molecule has 1 amide bonds. The van der Waals surface area contributed by atoms with Crippen LogP contribution in [0.4, 0.5) is 5.69 Å². The second kappa shape index (κ2) is 4.55. The van der Waals surface area contributed by atoms with Crippen LogP contribution in [-0.4, -0.2) is 18.0 Å². The number of amides is 1. The van der Waals surface area contributed by atoms with E-state index < -0.39 is 5.60 Å². The van der Waals surface area contributed by atoms with E-state index in [2.05, 4.69) is 5.32 Å². The lowest BCUT2D eigenvalue weighted by molar-refractivity contribution is -0.144. The van der Waals surface area contributed by atoms with Crippen LogP contribution in [0.3, 0.4) is 0 Å². The maximum Gasteiger partial charge on any atom is 0.294 e. The van der Waals surface area contributed by atoms with E-state index in [4.69, 9.17) is 27.9 Å². The molecule has 1 aromatic carbocycles. The maximum absolute atomic E-state index is 11.8. The third-order valence-electron chi connectivity index (χ3n) is 2.57. The Balaban J connectivity index is 2.11. The van der Waals surface area contributed by atoms with Gasteiger partial charge in [0.15, 0.2) is 5.60 Å². The molecule has 0 saturated heterocycles. The first-order chi connectivity index (χ1) is 8.07. The molecule has 1 aromatic rings. The predicted octanol–water partition coefficient (Wildman–Crippen LogP) is 2.64. The molecule has 0 heterocycles. The highest BCUT2D eigenvalue weighted by Gasteiger charge is 2.52. The van der Waals surface area contributed by atoms with E-state index in [1.165, 1.54) is 6.07 Å². The first kappa shape index (κ1) is 12.2. The van der Waals surface area contributed by atoms with E-state index in [9.17, 15) is 9.59 Å². The van der Waals surface area contributed by atoms with Crippen LogP contribution in [0, 0.1) is 0 Å². The summed E-state index contributed by atoms with van der Waals surface area (Å²) in [6.45, 7) is 0.288. The van der Waals surface area contributed by atoms with Gasteiger partial charge in [-0.15, -0.1) is 0 Å². The number of nitrogens with one attached hydrogen (secondary N) is 1. The van der Waals surface area contributed by atoms with Gasteiger partial charge in [-0.25, -0.2) is 0 Å². The zero-order valence-corrected chi connectivity index (χ0v) is 10.2. The maximum atomic E-state index is 11.8. The molecule has 1 saturated carbocycles. The van der Waals surface area contributed by atoms with Gasteiger partial charge in [-0.2, -0.15) is 0 Å². The average molecular weight is 274 g/mol. The molecule has 6 heteroatoms. The molecule has 0 atom stereocenters. The van der Waals surface area contributed by atoms with E-state index in [1.807, 2.05) is 0 Å². The number of ether oxygens (including phenoxy) is 1. The molecule has 0 aliphatic heterocycles. The second-order valence-electron chi connectivity index (χ2n) is 3.79. The first-order valence-corrected chi connectivity index (χ1v) is 5.71. The van der Waals surface area contributed by atoms with Gasteiger partial charge in [0.2, 0.25) is 0 Å². The fourth-order valence-corrected chi connectivity index (χ4v) is 1.89.